The first-order chi connectivity index (χ1) is 11.0. The molecule has 2 aromatic rings. The summed E-state index contributed by atoms with van der Waals surface area (Å²) >= 11 is 0. The van der Waals surface area contributed by atoms with Crippen LogP contribution in [0.15, 0.2) is 42.6 Å². The zero-order valence-electron chi connectivity index (χ0n) is 14.1. The number of carbonyl (C=O) groups is 1. The maximum Gasteiger partial charge on any atom is 0.514 e. The molecular weight excluding hydrogens is 290 g/mol. The number of aromatic nitrogens is 1. The van der Waals surface area contributed by atoms with E-state index >= 15 is 0 Å². The van der Waals surface area contributed by atoms with Crippen LogP contribution >= 0.6 is 0 Å². The van der Waals surface area contributed by atoms with Crippen LogP contribution in [0.5, 0.6) is 5.75 Å². The Hall–Kier alpha value is -2.36. The number of para-hydroxylation sites is 1. The first kappa shape index (κ1) is 17.0. The molecule has 0 aliphatic rings. The molecule has 0 saturated heterocycles. The second kappa shape index (κ2) is 7.77. The van der Waals surface area contributed by atoms with E-state index in [2.05, 4.69) is 32.7 Å². The second-order valence-corrected chi connectivity index (χ2v) is 6.04. The molecule has 0 fully saturated rings. The van der Waals surface area contributed by atoms with Gasteiger partial charge in [-0.2, -0.15) is 0 Å². The van der Waals surface area contributed by atoms with Gasteiger partial charge >= 0.3 is 6.16 Å². The number of carbonyl (C=O) groups excluding carboxylic acids is 1. The van der Waals surface area contributed by atoms with Crippen molar-refractivity contribution in [2.24, 2.45) is 0 Å². The number of benzene rings is 1. The average molecular weight is 313 g/mol. The maximum atomic E-state index is 12.1. The summed E-state index contributed by atoms with van der Waals surface area (Å²) in [5, 5.41) is 0. The van der Waals surface area contributed by atoms with Gasteiger partial charge in [0.25, 0.3) is 0 Å². The zero-order chi connectivity index (χ0) is 16.8. The van der Waals surface area contributed by atoms with Crippen LogP contribution in [0.4, 0.5) is 4.79 Å². The molecule has 23 heavy (non-hydrogen) atoms. The second-order valence-electron chi connectivity index (χ2n) is 6.04. The Morgan fingerprint density at radius 3 is 2.17 bits per heavy atom. The highest BCUT2D eigenvalue weighted by Gasteiger charge is 2.18. The molecule has 0 N–H and O–H groups in total. The normalized spacial score (nSPS) is 10.9. The van der Waals surface area contributed by atoms with Crippen LogP contribution in [0.3, 0.4) is 0 Å². The van der Waals surface area contributed by atoms with Crippen molar-refractivity contribution in [3.05, 3.63) is 59.4 Å². The minimum absolute atomic E-state index is 0.0977. The lowest BCUT2D eigenvalue weighted by Crippen LogP contribution is -2.14. The minimum Gasteiger partial charge on any atom is -0.427 e. The molecule has 0 saturated carbocycles. The highest BCUT2D eigenvalue weighted by Crippen LogP contribution is 2.34. The molecule has 1 aromatic carbocycles. The average Bonchev–Trinajstić information content (AvgIpc) is 2.53. The number of hydrogen-bond acceptors (Lipinski definition) is 4. The fourth-order valence-electron chi connectivity index (χ4n) is 2.33. The van der Waals surface area contributed by atoms with Gasteiger partial charge in [0.15, 0.2) is 0 Å². The maximum absolute atomic E-state index is 12.1. The van der Waals surface area contributed by atoms with Gasteiger partial charge in [-0.15, -0.1) is 0 Å². The Morgan fingerprint density at radius 2 is 1.65 bits per heavy atom. The number of ether oxygens (including phenoxy) is 2. The van der Waals surface area contributed by atoms with Crippen LogP contribution < -0.4 is 4.74 Å². The van der Waals surface area contributed by atoms with Gasteiger partial charge < -0.3 is 9.47 Å². The summed E-state index contributed by atoms with van der Waals surface area (Å²) in [6, 6.07) is 11.4. The van der Waals surface area contributed by atoms with E-state index in [0.29, 0.717) is 11.4 Å². The summed E-state index contributed by atoms with van der Waals surface area (Å²) < 4.78 is 10.7. The minimum atomic E-state index is -0.703. The van der Waals surface area contributed by atoms with Crippen molar-refractivity contribution in [3.8, 4) is 5.75 Å². The lowest BCUT2D eigenvalue weighted by atomic mass is 9.94. The van der Waals surface area contributed by atoms with Crippen LogP contribution in [-0.2, 0) is 11.3 Å². The molecule has 0 radical (unpaired) electrons. The Labute approximate surface area is 137 Å². The number of pyridine rings is 1. The van der Waals surface area contributed by atoms with Crippen molar-refractivity contribution < 1.29 is 14.3 Å². The van der Waals surface area contributed by atoms with E-state index in [1.165, 1.54) is 0 Å². The summed E-state index contributed by atoms with van der Waals surface area (Å²) in [7, 11) is 0. The first-order valence-corrected chi connectivity index (χ1v) is 7.86. The topological polar surface area (TPSA) is 48.4 Å². The summed E-state index contributed by atoms with van der Waals surface area (Å²) in [5.74, 6) is 1.13. The van der Waals surface area contributed by atoms with E-state index in [1.807, 2.05) is 30.3 Å². The highest BCUT2D eigenvalue weighted by molar-refractivity contribution is 5.66. The molecule has 4 nitrogen and oxygen atoms in total. The smallest absolute Gasteiger partial charge is 0.427 e. The molecule has 1 aromatic heterocycles. The third-order valence-corrected chi connectivity index (χ3v) is 3.57. The van der Waals surface area contributed by atoms with Gasteiger partial charge in [0.2, 0.25) is 0 Å². The number of rotatable bonds is 5. The van der Waals surface area contributed by atoms with E-state index in [1.54, 1.807) is 12.3 Å². The van der Waals surface area contributed by atoms with Crippen LogP contribution in [-0.4, -0.2) is 11.1 Å². The monoisotopic (exact) mass is 313 g/mol. The first-order valence-electron chi connectivity index (χ1n) is 7.86. The quantitative estimate of drug-likeness (QED) is 0.573. The third-order valence-electron chi connectivity index (χ3n) is 3.57. The SMILES string of the molecule is CC(C)c1cccc(C(C)C)c1OC(=O)OCc1ccccn1. The van der Waals surface area contributed by atoms with Gasteiger partial charge in [0.05, 0.1) is 5.69 Å². The lowest BCUT2D eigenvalue weighted by molar-refractivity contribution is 0.0908. The number of nitrogens with zero attached hydrogens (tertiary/aromatic N) is 1. The molecular formula is C19H23NO3. The van der Waals surface area contributed by atoms with Crippen molar-refractivity contribution >= 4 is 6.16 Å². The van der Waals surface area contributed by atoms with Crippen molar-refractivity contribution in [3.63, 3.8) is 0 Å². The predicted octanol–water partition coefficient (Wildman–Crippen LogP) is 5.04. The molecule has 0 aliphatic carbocycles. The molecule has 0 bridgehead atoms. The van der Waals surface area contributed by atoms with E-state index < -0.39 is 6.16 Å². The molecule has 2 rings (SSSR count). The molecule has 0 unspecified atom stereocenters. The standard InChI is InChI=1S/C19H23NO3/c1-13(2)16-9-7-10-17(14(3)4)18(16)23-19(21)22-12-15-8-5-6-11-20-15/h5-11,13-14H,12H2,1-4H3. The summed E-state index contributed by atoms with van der Waals surface area (Å²) in [6.07, 6.45) is 0.959. The number of hydrogen-bond donors (Lipinski definition) is 0. The van der Waals surface area contributed by atoms with E-state index in [9.17, 15) is 4.79 Å². The summed E-state index contributed by atoms with van der Waals surface area (Å²) in [6.45, 7) is 8.40. The van der Waals surface area contributed by atoms with E-state index in [-0.39, 0.29) is 18.4 Å². The highest BCUT2D eigenvalue weighted by atomic mass is 16.7. The Kier molecular flexibility index (Phi) is 5.74. The van der Waals surface area contributed by atoms with E-state index in [0.717, 1.165) is 11.1 Å². The van der Waals surface area contributed by atoms with Gasteiger partial charge in [-0.25, -0.2) is 4.79 Å². The Bertz CT molecular complexity index is 625. The zero-order valence-corrected chi connectivity index (χ0v) is 14.1. The van der Waals surface area contributed by atoms with Gasteiger partial charge in [0.1, 0.15) is 12.4 Å². The van der Waals surface area contributed by atoms with Crippen molar-refractivity contribution in [1.82, 2.24) is 4.98 Å². The van der Waals surface area contributed by atoms with Crippen molar-refractivity contribution in [1.29, 1.82) is 0 Å². The van der Waals surface area contributed by atoms with Gasteiger partial charge in [-0.3, -0.25) is 4.98 Å². The molecule has 122 valence electrons. The molecule has 0 amide bonds. The van der Waals surface area contributed by atoms with Crippen LogP contribution in [0.1, 0.15) is 56.4 Å². The molecule has 0 atom stereocenters. The van der Waals surface area contributed by atoms with Crippen molar-refractivity contribution in [2.45, 2.75) is 46.1 Å². The van der Waals surface area contributed by atoms with Gasteiger partial charge in [-0.05, 0) is 35.1 Å². The summed E-state index contributed by atoms with van der Waals surface area (Å²) in [5.41, 5.74) is 2.70. The van der Waals surface area contributed by atoms with Gasteiger partial charge in [0, 0.05) is 6.20 Å². The molecule has 0 spiro atoms. The summed E-state index contributed by atoms with van der Waals surface area (Å²) in [4.78, 5) is 16.2. The Balaban J connectivity index is 2.13. The van der Waals surface area contributed by atoms with Gasteiger partial charge in [-0.1, -0.05) is 52.0 Å². The molecule has 4 heteroatoms. The van der Waals surface area contributed by atoms with Crippen LogP contribution in [0.25, 0.3) is 0 Å². The predicted molar refractivity (Wildman–Crippen MR) is 89.7 cm³/mol. The lowest BCUT2D eigenvalue weighted by Gasteiger charge is -2.18. The van der Waals surface area contributed by atoms with Crippen molar-refractivity contribution in [2.75, 3.05) is 0 Å². The van der Waals surface area contributed by atoms with Crippen LogP contribution in [0, 0.1) is 0 Å². The van der Waals surface area contributed by atoms with Crippen LogP contribution in [0.2, 0.25) is 0 Å². The fraction of sp³-hybridized carbons (Fsp3) is 0.368. The largest absolute Gasteiger partial charge is 0.514 e. The molecule has 1 heterocycles. The molecule has 0 aliphatic heterocycles. The Morgan fingerprint density at radius 1 is 1.00 bits per heavy atom. The fourth-order valence-corrected chi connectivity index (χ4v) is 2.33. The third kappa shape index (κ3) is 4.55. The van der Waals surface area contributed by atoms with E-state index in [4.69, 9.17) is 9.47 Å².